The van der Waals surface area contributed by atoms with Crippen LogP contribution in [0.25, 0.3) is 11.2 Å². The summed E-state index contributed by atoms with van der Waals surface area (Å²) in [5, 5.41) is 7.96. The van der Waals surface area contributed by atoms with E-state index in [1.165, 1.54) is 40.4 Å². The van der Waals surface area contributed by atoms with Crippen LogP contribution in [0.4, 0.5) is 4.39 Å². The van der Waals surface area contributed by atoms with Gasteiger partial charge in [-0.05, 0) is 42.7 Å². The molecule has 11 nitrogen and oxygen atoms in total. The molecule has 0 radical (unpaired) electrons. The van der Waals surface area contributed by atoms with Gasteiger partial charge >= 0.3 is 5.97 Å². The average Bonchev–Trinajstić information content (AvgIpc) is 3.32. The molecule has 13 heteroatoms. The monoisotopic (exact) mass is 526 g/mol. The Kier molecular flexibility index (Phi) is 6.56. The van der Waals surface area contributed by atoms with Crippen LogP contribution >= 0.6 is 0 Å². The molecule has 5 rings (SSSR count). The lowest BCUT2D eigenvalue weighted by Crippen LogP contribution is -2.40. The first kappa shape index (κ1) is 24.7. The number of esters is 1. The highest BCUT2D eigenvalue weighted by Crippen LogP contribution is 2.30. The summed E-state index contributed by atoms with van der Waals surface area (Å²) in [6.07, 6.45) is 1.12. The van der Waals surface area contributed by atoms with E-state index >= 15 is 0 Å². The fourth-order valence-corrected chi connectivity index (χ4v) is 6.14. The van der Waals surface area contributed by atoms with Crippen LogP contribution in [-0.2, 0) is 21.3 Å². The molecule has 37 heavy (non-hydrogen) atoms. The second kappa shape index (κ2) is 9.82. The van der Waals surface area contributed by atoms with Crippen molar-refractivity contribution in [1.29, 1.82) is 0 Å². The Morgan fingerprint density at radius 3 is 2.70 bits per heavy atom. The van der Waals surface area contributed by atoms with Crippen molar-refractivity contribution < 1.29 is 22.3 Å². The van der Waals surface area contributed by atoms with Crippen LogP contribution in [0.15, 0.2) is 58.2 Å². The molecule has 1 saturated heterocycles. The third kappa shape index (κ3) is 4.74. The summed E-state index contributed by atoms with van der Waals surface area (Å²) in [5.74, 6) is -1.19. The number of sulfonamides is 1. The Morgan fingerprint density at radius 2 is 1.95 bits per heavy atom. The van der Waals surface area contributed by atoms with E-state index in [-0.39, 0.29) is 47.1 Å². The van der Waals surface area contributed by atoms with Crippen molar-refractivity contribution in [3.63, 3.8) is 0 Å². The number of fused-ring (bicyclic) bond motifs is 1. The summed E-state index contributed by atoms with van der Waals surface area (Å²) < 4.78 is 47.8. The molecule has 192 valence electrons. The summed E-state index contributed by atoms with van der Waals surface area (Å²) in [4.78, 5) is 32.1. The summed E-state index contributed by atoms with van der Waals surface area (Å²) in [7, 11) is -2.84. The molecule has 1 aliphatic rings. The topological polar surface area (TPSA) is 140 Å². The zero-order valence-electron chi connectivity index (χ0n) is 19.8. The minimum atomic E-state index is -4.03. The number of nitrogens with zero attached hydrogens (tertiary/aromatic N) is 5. The highest BCUT2D eigenvalue weighted by atomic mass is 32.2. The molecule has 4 aromatic rings. The SMILES string of the molecule is COC(=O)c1ccccc1S(=O)(=O)N1CCC[C@H](c2nc3c(nnn3Cc3ccc(F)cc3)c(=O)[nH]2)C1. The minimum absolute atomic E-state index is 0.0455. The van der Waals surface area contributed by atoms with Crippen molar-refractivity contribution in [3.05, 3.63) is 81.7 Å². The number of hydrogen-bond acceptors (Lipinski definition) is 8. The van der Waals surface area contributed by atoms with Gasteiger partial charge in [0.25, 0.3) is 5.56 Å². The number of carbonyl (C=O) groups is 1. The number of piperidine rings is 1. The summed E-state index contributed by atoms with van der Waals surface area (Å²) in [6, 6.07) is 11.8. The van der Waals surface area contributed by atoms with Crippen molar-refractivity contribution in [2.45, 2.75) is 30.2 Å². The number of rotatable bonds is 6. The van der Waals surface area contributed by atoms with Crippen molar-refractivity contribution in [2.24, 2.45) is 0 Å². The van der Waals surface area contributed by atoms with Crippen LogP contribution in [0.1, 0.15) is 40.5 Å². The second-order valence-electron chi connectivity index (χ2n) is 8.69. The number of hydrogen-bond donors (Lipinski definition) is 1. The quantitative estimate of drug-likeness (QED) is 0.377. The molecule has 1 atom stereocenters. The van der Waals surface area contributed by atoms with Gasteiger partial charge in [0, 0.05) is 19.0 Å². The number of nitrogens with one attached hydrogen (secondary N) is 1. The predicted molar refractivity (Wildman–Crippen MR) is 130 cm³/mol. The number of aromatic amines is 1. The third-order valence-corrected chi connectivity index (χ3v) is 8.24. The molecular formula is C24H23FN6O5S. The molecule has 0 saturated carbocycles. The molecule has 2 aromatic carbocycles. The van der Waals surface area contributed by atoms with Crippen molar-refractivity contribution in [2.75, 3.05) is 20.2 Å². The van der Waals surface area contributed by atoms with Crippen LogP contribution < -0.4 is 5.56 Å². The van der Waals surface area contributed by atoms with E-state index in [0.29, 0.717) is 18.7 Å². The van der Waals surface area contributed by atoms with Crippen molar-refractivity contribution in [3.8, 4) is 0 Å². The normalized spacial score (nSPS) is 16.6. The molecule has 0 bridgehead atoms. The number of aromatic nitrogens is 5. The smallest absolute Gasteiger partial charge is 0.339 e. The van der Waals surface area contributed by atoms with Gasteiger partial charge in [0.2, 0.25) is 10.0 Å². The Balaban J connectivity index is 1.46. The van der Waals surface area contributed by atoms with E-state index < -0.39 is 27.5 Å². The van der Waals surface area contributed by atoms with Gasteiger partial charge in [-0.2, -0.15) is 4.31 Å². The minimum Gasteiger partial charge on any atom is -0.465 e. The fraction of sp³-hybridized carbons (Fsp3) is 0.292. The van der Waals surface area contributed by atoms with Crippen molar-refractivity contribution >= 4 is 27.2 Å². The molecule has 3 heterocycles. The maximum atomic E-state index is 13.5. The number of benzene rings is 2. The van der Waals surface area contributed by atoms with Gasteiger partial charge in [-0.15, -0.1) is 5.10 Å². The first-order valence-electron chi connectivity index (χ1n) is 11.5. The molecule has 1 aliphatic heterocycles. The summed E-state index contributed by atoms with van der Waals surface area (Å²) >= 11 is 0. The second-order valence-corrected chi connectivity index (χ2v) is 10.6. The van der Waals surface area contributed by atoms with Crippen LogP contribution in [0, 0.1) is 5.82 Å². The Bertz CT molecular complexity index is 1630. The van der Waals surface area contributed by atoms with E-state index in [1.807, 2.05) is 0 Å². The molecule has 0 spiro atoms. The van der Waals surface area contributed by atoms with Gasteiger partial charge < -0.3 is 9.72 Å². The number of halogens is 1. The number of H-pyrrole nitrogens is 1. The fourth-order valence-electron chi connectivity index (χ4n) is 4.44. The third-order valence-electron chi connectivity index (χ3n) is 6.32. The van der Waals surface area contributed by atoms with Gasteiger partial charge in [-0.25, -0.2) is 27.3 Å². The first-order chi connectivity index (χ1) is 17.8. The Hall–Kier alpha value is -3.97. The summed E-state index contributed by atoms with van der Waals surface area (Å²) in [5.41, 5.74) is 0.519. The van der Waals surface area contributed by atoms with Gasteiger partial charge in [0.05, 0.1) is 24.1 Å². The Morgan fingerprint density at radius 1 is 1.19 bits per heavy atom. The number of ether oxygens (including phenoxy) is 1. The van der Waals surface area contributed by atoms with Gasteiger partial charge in [0.1, 0.15) is 11.6 Å². The lowest BCUT2D eigenvalue weighted by molar-refractivity contribution is 0.0596. The molecule has 0 aliphatic carbocycles. The van der Waals surface area contributed by atoms with Gasteiger partial charge in [-0.3, -0.25) is 4.79 Å². The van der Waals surface area contributed by atoms with Gasteiger partial charge in [-0.1, -0.05) is 29.5 Å². The van der Waals surface area contributed by atoms with Crippen LogP contribution in [0.5, 0.6) is 0 Å². The highest BCUT2D eigenvalue weighted by molar-refractivity contribution is 7.89. The molecule has 2 aromatic heterocycles. The molecule has 0 unspecified atom stereocenters. The lowest BCUT2D eigenvalue weighted by Gasteiger charge is -2.31. The maximum absolute atomic E-state index is 13.5. The highest BCUT2D eigenvalue weighted by Gasteiger charge is 2.34. The van der Waals surface area contributed by atoms with Crippen molar-refractivity contribution in [1.82, 2.24) is 29.3 Å². The molecular weight excluding hydrogens is 503 g/mol. The van der Waals surface area contributed by atoms with E-state index in [9.17, 15) is 22.4 Å². The largest absolute Gasteiger partial charge is 0.465 e. The number of methoxy groups -OCH3 is 1. The first-order valence-corrected chi connectivity index (χ1v) is 13.0. The van der Waals surface area contributed by atoms with Crippen LogP contribution in [-0.4, -0.2) is 63.9 Å². The predicted octanol–water partition coefficient (Wildman–Crippen LogP) is 2.06. The zero-order valence-corrected chi connectivity index (χ0v) is 20.6. The average molecular weight is 527 g/mol. The molecule has 0 amide bonds. The van der Waals surface area contributed by atoms with E-state index in [0.717, 1.165) is 5.56 Å². The lowest BCUT2D eigenvalue weighted by atomic mass is 9.99. The van der Waals surface area contributed by atoms with Crippen LogP contribution in [0.2, 0.25) is 0 Å². The molecule has 1 fully saturated rings. The standard InChI is InChI=1S/C24H23FN6O5S/c1-36-24(33)18-6-2-3-7-19(18)37(34,35)30-12-4-5-16(14-30)21-26-22-20(23(32)27-21)28-29-31(22)13-15-8-10-17(25)11-9-15/h2-3,6-11,16H,4-5,12-14H2,1H3,(H,26,27,32)/t16-/m0/s1. The van der Waals surface area contributed by atoms with E-state index in [2.05, 4.69) is 20.3 Å². The van der Waals surface area contributed by atoms with E-state index in [1.54, 1.807) is 24.3 Å². The van der Waals surface area contributed by atoms with Crippen LogP contribution in [0.3, 0.4) is 0 Å². The maximum Gasteiger partial charge on any atom is 0.339 e. The van der Waals surface area contributed by atoms with E-state index in [4.69, 9.17) is 4.74 Å². The summed E-state index contributed by atoms with van der Waals surface area (Å²) in [6.45, 7) is 0.541. The number of carbonyl (C=O) groups excluding carboxylic acids is 1. The Labute approximate surface area is 210 Å². The van der Waals surface area contributed by atoms with Gasteiger partial charge in [0.15, 0.2) is 11.2 Å². The zero-order chi connectivity index (χ0) is 26.2. The molecule has 1 N–H and O–H groups in total.